The maximum atomic E-state index is 13.0. The third-order valence-corrected chi connectivity index (χ3v) is 4.48. The van der Waals surface area contributed by atoms with Gasteiger partial charge in [-0.2, -0.15) is 13.2 Å². The third-order valence-electron chi connectivity index (χ3n) is 4.48. The summed E-state index contributed by atoms with van der Waals surface area (Å²) in [7, 11) is 1.61. The molecule has 2 atom stereocenters. The molecule has 1 aliphatic rings. The van der Waals surface area contributed by atoms with Gasteiger partial charge >= 0.3 is 6.18 Å². The summed E-state index contributed by atoms with van der Waals surface area (Å²) in [5, 5.41) is 6.28. The minimum atomic E-state index is -4.13. The lowest BCUT2D eigenvalue weighted by atomic mass is 9.85. The average Bonchev–Trinajstić information content (AvgIpc) is 2.63. The number of nitrogens with zero attached hydrogens (tertiary/aromatic N) is 1. The molecular formula is C19H26F3N3O. The Labute approximate surface area is 152 Å². The van der Waals surface area contributed by atoms with Crippen molar-refractivity contribution in [1.82, 2.24) is 10.6 Å². The molecule has 0 bridgehead atoms. The molecule has 1 saturated carbocycles. The van der Waals surface area contributed by atoms with Gasteiger partial charge in [-0.1, -0.05) is 37.3 Å². The van der Waals surface area contributed by atoms with Crippen LogP contribution in [0, 0.1) is 5.92 Å². The van der Waals surface area contributed by atoms with E-state index in [2.05, 4.69) is 22.2 Å². The number of guanidine groups is 1. The summed E-state index contributed by atoms with van der Waals surface area (Å²) < 4.78 is 44.5. The molecule has 0 aliphatic heterocycles. The van der Waals surface area contributed by atoms with Crippen molar-refractivity contribution in [3.05, 3.63) is 42.5 Å². The lowest BCUT2D eigenvalue weighted by molar-refractivity contribution is -0.183. The van der Waals surface area contributed by atoms with Crippen LogP contribution >= 0.6 is 0 Å². The molecule has 1 fully saturated rings. The van der Waals surface area contributed by atoms with Crippen molar-refractivity contribution in [1.29, 1.82) is 0 Å². The molecule has 1 aromatic rings. The predicted octanol–water partition coefficient (Wildman–Crippen LogP) is 4.04. The minimum absolute atomic E-state index is 0.0865. The highest BCUT2D eigenvalue weighted by Gasteiger charge is 2.42. The summed E-state index contributed by atoms with van der Waals surface area (Å²) in [6.07, 6.45) is -0.877. The summed E-state index contributed by atoms with van der Waals surface area (Å²) in [4.78, 5) is 4.13. The number of para-hydroxylation sites is 1. The van der Waals surface area contributed by atoms with Crippen LogP contribution in [0.2, 0.25) is 0 Å². The normalized spacial score (nSPS) is 21.2. The van der Waals surface area contributed by atoms with Gasteiger partial charge in [-0.25, -0.2) is 0 Å². The van der Waals surface area contributed by atoms with E-state index in [1.165, 1.54) is 0 Å². The van der Waals surface area contributed by atoms with E-state index in [1.807, 2.05) is 24.3 Å². The van der Waals surface area contributed by atoms with Crippen molar-refractivity contribution in [3.63, 3.8) is 0 Å². The monoisotopic (exact) mass is 369 g/mol. The second-order valence-corrected chi connectivity index (χ2v) is 6.38. The Hall–Kier alpha value is -2.18. The molecule has 0 amide bonds. The molecular weight excluding hydrogens is 343 g/mol. The van der Waals surface area contributed by atoms with Gasteiger partial charge in [-0.3, -0.25) is 4.99 Å². The lowest BCUT2D eigenvalue weighted by Gasteiger charge is -2.32. The van der Waals surface area contributed by atoms with E-state index in [9.17, 15) is 13.2 Å². The average molecular weight is 369 g/mol. The second kappa shape index (κ2) is 9.50. The van der Waals surface area contributed by atoms with Gasteiger partial charge in [-0.05, 0) is 25.3 Å². The number of hydrogen-bond donors (Lipinski definition) is 2. The van der Waals surface area contributed by atoms with Crippen molar-refractivity contribution >= 4 is 5.96 Å². The zero-order valence-corrected chi connectivity index (χ0v) is 15.0. The van der Waals surface area contributed by atoms with Crippen LogP contribution in [0.1, 0.15) is 31.2 Å². The number of nitrogens with one attached hydrogen (secondary N) is 2. The Morgan fingerprint density at radius 2 is 2.12 bits per heavy atom. The van der Waals surface area contributed by atoms with Crippen LogP contribution in [-0.4, -0.2) is 31.8 Å². The molecule has 0 radical (unpaired) electrons. The third kappa shape index (κ3) is 5.97. The van der Waals surface area contributed by atoms with Gasteiger partial charge in [-0.15, -0.1) is 0 Å². The fourth-order valence-corrected chi connectivity index (χ4v) is 3.12. The fourth-order valence-electron chi connectivity index (χ4n) is 3.12. The Balaban J connectivity index is 1.91. The number of rotatable bonds is 6. The van der Waals surface area contributed by atoms with Gasteiger partial charge in [0, 0.05) is 25.2 Å². The van der Waals surface area contributed by atoms with Crippen LogP contribution in [0.25, 0.3) is 0 Å². The van der Waals surface area contributed by atoms with Crippen molar-refractivity contribution in [2.24, 2.45) is 10.9 Å². The molecule has 144 valence electrons. The molecule has 2 N–H and O–H groups in total. The quantitative estimate of drug-likeness (QED) is 0.452. The van der Waals surface area contributed by atoms with E-state index in [1.54, 1.807) is 13.1 Å². The standard InChI is InChI=1S/C19H26F3N3O/c1-3-11-26-17-10-5-4-7-14(17)13-24-18(23-2)25-16-9-6-8-15(12-16)19(20,21)22/h3-5,7,10,15-16H,1,6,8-9,11-13H2,2H3,(H2,23,24,25). The molecule has 26 heavy (non-hydrogen) atoms. The largest absolute Gasteiger partial charge is 0.489 e. The van der Waals surface area contributed by atoms with E-state index < -0.39 is 12.1 Å². The summed E-state index contributed by atoms with van der Waals surface area (Å²) in [6, 6.07) is 7.36. The van der Waals surface area contributed by atoms with Crippen LogP contribution in [0.15, 0.2) is 41.9 Å². The fraction of sp³-hybridized carbons (Fsp3) is 0.526. The van der Waals surface area contributed by atoms with Crippen molar-refractivity contribution in [3.8, 4) is 5.75 Å². The predicted molar refractivity (Wildman–Crippen MR) is 97.3 cm³/mol. The van der Waals surface area contributed by atoms with Crippen LogP contribution in [0.5, 0.6) is 5.75 Å². The molecule has 0 heterocycles. The van der Waals surface area contributed by atoms with Crippen molar-refractivity contribution in [2.45, 2.75) is 44.4 Å². The topological polar surface area (TPSA) is 45.6 Å². The number of halogens is 3. The van der Waals surface area contributed by atoms with Gasteiger partial charge in [0.25, 0.3) is 0 Å². The van der Waals surface area contributed by atoms with Gasteiger partial charge in [0.15, 0.2) is 5.96 Å². The first-order chi connectivity index (χ1) is 12.4. The highest BCUT2D eigenvalue weighted by atomic mass is 19.4. The lowest BCUT2D eigenvalue weighted by Crippen LogP contribution is -2.46. The molecule has 0 saturated heterocycles. The zero-order chi connectivity index (χ0) is 19.0. The Morgan fingerprint density at radius 3 is 2.81 bits per heavy atom. The van der Waals surface area contributed by atoms with Crippen molar-refractivity contribution in [2.75, 3.05) is 13.7 Å². The van der Waals surface area contributed by atoms with E-state index in [-0.39, 0.29) is 18.9 Å². The Bertz CT molecular complexity index is 616. The number of hydrogen-bond acceptors (Lipinski definition) is 2. The highest BCUT2D eigenvalue weighted by molar-refractivity contribution is 5.80. The number of benzene rings is 1. The van der Waals surface area contributed by atoms with E-state index in [0.29, 0.717) is 32.0 Å². The Kier molecular flexibility index (Phi) is 7.36. The molecule has 2 rings (SSSR count). The number of alkyl halides is 3. The molecule has 0 aromatic heterocycles. The molecule has 4 nitrogen and oxygen atoms in total. The van der Waals surface area contributed by atoms with Gasteiger partial charge in [0.1, 0.15) is 12.4 Å². The SMILES string of the molecule is C=CCOc1ccccc1CNC(=NC)NC1CCCC(C(F)(F)F)C1. The first kappa shape index (κ1) is 20.1. The minimum Gasteiger partial charge on any atom is -0.489 e. The van der Waals surface area contributed by atoms with Crippen LogP contribution in [0.4, 0.5) is 13.2 Å². The first-order valence-electron chi connectivity index (χ1n) is 8.79. The number of ether oxygens (including phenoxy) is 1. The summed E-state index contributed by atoms with van der Waals surface area (Å²) in [5.74, 6) is 0.00129. The van der Waals surface area contributed by atoms with Crippen LogP contribution < -0.4 is 15.4 Å². The van der Waals surface area contributed by atoms with Gasteiger partial charge in [0.2, 0.25) is 0 Å². The molecule has 1 aliphatic carbocycles. The van der Waals surface area contributed by atoms with Crippen LogP contribution in [-0.2, 0) is 6.54 Å². The molecule has 2 unspecified atom stereocenters. The smallest absolute Gasteiger partial charge is 0.391 e. The summed E-state index contributed by atoms with van der Waals surface area (Å²) in [6.45, 7) is 4.50. The summed E-state index contributed by atoms with van der Waals surface area (Å²) >= 11 is 0. The molecule has 7 heteroatoms. The molecule has 1 aromatic carbocycles. The molecule has 0 spiro atoms. The van der Waals surface area contributed by atoms with Crippen molar-refractivity contribution < 1.29 is 17.9 Å². The van der Waals surface area contributed by atoms with E-state index >= 15 is 0 Å². The highest BCUT2D eigenvalue weighted by Crippen LogP contribution is 2.37. The second-order valence-electron chi connectivity index (χ2n) is 6.38. The maximum Gasteiger partial charge on any atom is 0.391 e. The Morgan fingerprint density at radius 1 is 1.35 bits per heavy atom. The van der Waals surface area contributed by atoms with E-state index in [4.69, 9.17) is 4.74 Å². The maximum absolute atomic E-state index is 13.0. The van der Waals surface area contributed by atoms with Gasteiger partial charge < -0.3 is 15.4 Å². The summed E-state index contributed by atoms with van der Waals surface area (Å²) in [5.41, 5.74) is 0.939. The zero-order valence-electron chi connectivity index (χ0n) is 15.0. The number of aliphatic imine (C=N–C) groups is 1. The van der Waals surface area contributed by atoms with Crippen LogP contribution in [0.3, 0.4) is 0 Å². The van der Waals surface area contributed by atoms with Gasteiger partial charge in [0.05, 0.1) is 5.92 Å². The first-order valence-corrected chi connectivity index (χ1v) is 8.79. The van der Waals surface area contributed by atoms with E-state index in [0.717, 1.165) is 11.3 Å².